The second-order valence-electron chi connectivity index (χ2n) is 1.82. The maximum atomic E-state index is 10.9. The van der Waals surface area contributed by atoms with Gasteiger partial charge in [-0.2, -0.15) is 0 Å². The van der Waals surface area contributed by atoms with Crippen molar-refractivity contribution in [1.82, 2.24) is 0 Å². The van der Waals surface area contributed by atoms with Crippen molar-refractivity contribution in [3.63, 3.8) is 0 Å². The molecule has 72 valence electrons. The van der Waals surface area contributed by atoms with Gasteiger partial charge in [0.25, 0.3) is 0 Å². The first-order valence-electron chi connectivity index (χ1n) is 3.30. The van der Waals surface area contributed by atoms with E-state index in [4.69, 9.17) is 0 Å². The highest BCUT2D eigenvalue weighted by Crippen LogP contribution is 2.00. The van der Waals surface area contributed by atoms with E-state index in [1.165, 1.54) is 0 Å². The quantitative estimate of drug-likeness (QED) is 0.209. The normalized spacial score (nSPS) is 8.15. The first-order chi connectivity index (χ1) is 6.17. The van der Waals surface area contributed by atoms with Crippen molar-refractivity contribution in [2.75, 3.05) is 14.2 Å². The topological polar surface area (TPSA) is 61.8 Å². The molecule has 0 rings (SSSR count). The molecular formula is C8H10O5. The van der Waals surface area contributed by atoms with Crippen LogP contribution in [0.4, 0.5) is 0 Å². The number of methoxy groups -OCH3 is 2. The van der Waals surface area contributed by atoms with Crippen molar-refractivity contribution in [3.8, 4) is 0 Å². The van der Waals surface area contributed by atoms with Crippen LogP contribution < -0.4 is 0 Å². The summed E-state index contributed by atoms with van der Waals surface area (Å²) in [6.45, 7) is 3.23. The van der Waals surface area contributed by atoms with Crippen LogP contribution in [-0.4, -0.2) is 26.2 Å². The summed E-state index contributed by atoms with van der Waals surface area (Å²) in [6, 6.07) is 0. The highest BCUT2D eigenvalue weighted by molar-refractivity contribution is 6.13. The van der Waals surface area contributed by atoms with E-state index in [2.05, 4.69) is 20.8 Å². The summed E-state index contributed by atoms with van der Waals surface area (Å²) in [5.74, 6) is -1.65. The van der Waals surface area contributed by atoms with Crippen LogP contribution in [0.5, 0.6) is 0 Å². The van der Waals surface area contributed by atoms with Crippen LogP contribution in [-0.2, 0) is 23.8 Å². The van der Waals surface area contributed by atoms with E-state index in [0.717, 1.165) is 26.7 Å². The molecule has 0 fully saturated rings. The minimum Gasteiger partial charge on any atom is -0.472 e. The third-order valence-corrected chi connectivity index (χ3v) is 1.09. The van der Waals surface area contributed by atoms with Gasteiger partial charge in [0.05, 0.1) is 20.5 Å². The summed E-state index contributed by atoms with van der Waals surface area (Å²) >= 11 is 0. The Morgan fingerprint density at radius 1 is 1.15 bits per heavy atom. The van der Waals surface area contributed by atoms with Gasteiger partial charge in [0.1, 0.15) is 6.26 Å². The van der Waals surface area contributed by atoms with E-state index < -0.39 is 11.9 Å². The van der Waals surface area contributed by atoms with Gasteiger partial charge in [-0.3, -0.25) is 0 Å². The van der Waals surface area contributed by atoms with Gasteiger partial charge in [-0.25, -0.2) is 9.59 Å². The zero-order chi connectivity index (χ0) is 10.3. The number of carbonyl (C=O) groups excluding carboxylic acids is 2. The van der Waals surface area contributed by atoms with Gasteiger partial charge in [-0.05, 0) is 0 Å². The first-order valence-corrected chi connectivity index (χ1v) is 3.30. The number of hydrogen-bond acceptors (Lipinski definition) is 5. The first kappa shape index (κ1) is 11.2. The number of rotatable bonds is 4. The Bertz CT molecular complexity index is 223. The molecule has 13 heavy (non-hydrogen) atoms. The molecule has 5 nitrogen and oxygen atoms in total. The van der Waals surface area contributed by atoms with Crippen molar-refractivity contribution < 1.29 is 23.8 Å². The van der Waals surface area contributed by atoms with E-state index in [9.17, 15) is 9.59 Å². The Labute approximate surface area is 75.6 Å². The lowest BCUT2D eigenvalue weighted by atomic mass is 10.3. The fourth-order valence-electron chi connectivity index (χ4n) is 0.516. The van der Waals surface area contributed by atoms with E-state index in [1.807, 2.05) is 0 Å². The Morgan fingerprint density at radius 2 is 1.62 bits per heavy atom. The fourth-order valence-corrected chi connectivity index (χ4v) is 0.516. The van der Waals surface area contributed by atoms with E-state index in [1.54, 1.807) is 0 Å². The number of carbonyl (C=O) groups is 2. The van der Waals surface area contributed by atoms with Gasteiger partial charge in [0.15, 0.2) is 5.57 Å². The van der Waals surface area contributed by atoms with Crippen molar-refractivity contribution in [3.05, 3.63) is 24.7 Å². The van der Waals surface area contributed by atoms with Crippen LogP contribution in [0, 0.1) is 0 Å². The Morgan fingerprint density at radius 3 is 1.92 bits per heavy atom. The Kier molecular flexibility index (Phi) is 5.02. The summed E-state index contributed by atoms with van der Waals surface area (Å²) in [7, 11) is 2.29. The largest absolute Gasteiger partial charge is 0.472 e. The van der Waals surface area contributed by atoms with Gasteiger partial charge in [0.2, 0.25) is 0 Å². The molecule has 5 heteroatoms. The second-order valence-corrected chi connectivity index (χ2v) is 1.82. The lowest BCUT2D eigenvalue weighted by molar-refractivity contribution is -0.144. The van der Waals surface area contributed by atoms with Gasteiger partial charge in [-0.15, -0.1) is 0 Å². The molecular weight excluding hydrogens is 176 g/mol. The fraction of sp³-hybridized carbons (Fsp3) is 0.250. The molecule has 0 radical (unpaired) electrons. The van der Waals surface area contributed by atoms with Crippen LogP contribution >= 0.6 is 0 Å². The average Bonchev–Trinajstić information content (AvgIpc) is 2.17. The molecule has 0 spiro atoms. The summed E-state index contributed by atoms with van der Waals surface area (Å²) in [5, 5.41) is 0. The minimum atomic E-state index is -0.825. The lowest BCUT2D eigenvalue weighted by Crippen LogP contribution is -2.15. The van der Waals surface area contributed by atoms with Crippen molar-refractivity contribution >= 4 is 11.9 Å². The van der Waals surface area contributed by atoms with Gasteiger partial charge in [-0.1, -0.05) is 6.58 Å². The molecule has 0 aromatic heterocycles. The van der Waals surface area contributed by atoms with Crippen LogP contribution in [0.2, 0.25) is 0 Å². The number of ether oxygens (including phenoxy) is 3. The third kappa shape index (κ3) is 3.42. The van der Waals surface area contributed by atoms with Crippen LogP contribution in [0.3, 0.4) is 0 Å². The summed E-state index contributed by atoms with van der Waals surface area (Å²) in [4.78, 5) is 21.8. The Hall–Kier alpha value is -1.78. The lowest BCUT2D eigenvalue weighted by Gasteiger charge is -2.01. The van der Waals surface area contributed by atoms with Crippen LogP contribution in [0.15, 0.2) is 24.7 Å². The van der Waals surface area contributed by atoms with Gasteiger partial charge in [0, 0.05) is 0 Å². The number of hydrogen-bond donors (Lipinski definition) is 0. The van der Waals surface area contributed by atoms with Crippen molar-refractivity contribution in [2.24, 2.45) is 0 Å². The van der Waals surface area contributed by atoms with Gasteiger partial charge >= 0.3 is 11.9 Å². The monoisotopic (exact) mass is 186 g/mol. The Balaban J connectivity index is 4.63. The minimum absolute atomic E-state index is 0.329. The summed E-state index contributed by atoms with van der Waals surface area (Å²) < 4.78 is 13.2. The highest BCUT2D eigenvalue weighted by atomic mass is 16.5. The standard InChI is InChI=1S/C8H10O5/c1-4-13-5-6(7(9)11-2)8(10)12-3/h4-5H,1H2,2-3H3. The average molecular weight is 186 g/mol. The molecule has 0 saturated carbocycles. The summed E-state index contributed by atoms with van der Waals surface area (Å²) in [5.41, 5.74) is -0.329. The molecule has 0 N–H and O–H groups in total. The second kappa shape index (κ2) is 5.82. The molecule has 0 amide bonds. The molecule has 0 bridgehead atoms. The maximum absolute atomic E-state index is 10.9. The highest BCUT2D eigenvalue weighted by Gasteiger charge is 2.19. The van der Waals surface area contributed by atoms with Crippen molar-refractivity contribution in [1.29, 1.82) is 0 Å². The maximum Gasteiger partial charge on any atom is 0.348 e. The van der Waals surface area contributed by atoms with E-state index in [0.29, 0.717) is 0 Å². The smallest absolute Gasteiger partial charge is 0.348 e. The number of esters is 2. The molecule has 0 aliphatic rings. The van der Waals surface area contributed by atoms with Crippen LogP contribution in [0.25, 0.3) is 0 Å². The third-order valence-electron chi connectivity index (χ3n) is 1.09. The molecule has 0 aromatic carbocycles. The van der Waals surface area contributed by atoms with E-state index >= 15 is 0 Å². The zero-order valence-electron chi connectivity index (χ0n) is 7.40. The molecule has 0 unspecified atom stereocenters. The molecule has 0 atom stereocenters. The summed E-state index contributed by atoms with van der Waals surface area (Å²) in [6.07, 6.45) is 1.97. The predicted molar refractivity (Wildman–Crippen MR) is 43.4 cm³/mol. The SMILES string of the molecule is C=COC=C(C(=O)OC)C(=O)OC. The molecule has 0 heterocycles. The molecule has 0 saturated heterocycles. The molecule has 0 aliphatic carbocycles. The molecule has 0 aliphatic heterocycles. The van der Waals surface area contributed by atoms with Crippen LogP contribution in [0.1, 0.15) is 0 Å². The predicted octanol–water partition coefficient (Wildman–Crippen LogP) is 0.376. The molecule has 0 aromatic rings. The zero-order valence-corrected chi connectivity index (χ0v) is 7.40. The van der Waals surface area contributed by atoms with E-state index in [-0.39, 0.29) is 5.57 Å². The van der Waals surface area contributed by atoms with Crippen molar-refractivity contribution in [2.45, 2.75) is 0 Å². The van der Waals surface area contributed by atoms with Gasteiger partial charge < -0.3 is 14.2 Å².